The van der Waals surface area contributed by atoms with E-state index < -0.39 is 5.60 Å². The molecular formula is C26H42N2O4. The van der Waals surface area contributed by atoms with Crippen LogP contribution < -0.4 is 5.32 Å². The average Bonchev–Trinajstić information content (AvgIpc) is 3.08. The van der Waals surface area contributed by atoms with Gasteiger partial charge in [-0.15, -0.1) is 0 Å². The molecule has 0 spiro atoms. The SMILES string of the molecule is CN[C@@]12CO[C@@H]1CCC1C2C[C@]2(O)CCC(C)=C([C@H]3O[C@@H](CN4CC(C)C4)O[C@@H]13)C2(C)C. The van der Waals surface area contributed by atoms with E-state index >= 15 is 0 Å². The van der Waals surface area contributed by atoms with Crippen LogP contribution in [0.15, 0.2) is 11.1 Å². The Kier molecular flexibility index (Phi) is 4.98. The average molecular weight is 447 g/mol. The second kappa shape index (κ2) is 7.25. The maximum Gasteiger partial charge on any atom is 0.171 e. The van der Waals surface area contributed by atoms with Crippen molar-refractivity contribution in [3.05, 3.63) is 11.1 Å². The molecule has 3 aliphatic carbocycles. The third-order valence-corrected chi connectivity index (χ3v) is 10.4. The summed E-state index contributed by atoms with van der Waals surface area (Å²) < 4.78 is 19.7. The van der Waals surface area contributed by atoms with Gasteiger partial charge in [-0.3, -0.25) is 4.90 Å². The lowest BCUT2D eigenvalue weighted by molar-refractivity contribution is -0.233. The Morgan fingerprint density at radius 3 is 2.62 bits per heavy atom. The van der Waals surface area contributed by atoms with Gasteiger partial charge in [0, 0.05) is 25.0 Å². The summed E-state index contributed by atoms with van der Waals surface area (Å²) in [6.07, 6.45) is 4.80. The maximum absolute atomic E-state index is 12.2. The molecule has 0 aromatic carbocycles. The Morgan fingerprint density at radius 1 is 1.19 bits per heavy atom. The Balaban J connectivity index is 1.40. The summed E-state index contributed by atoms with van der Waals surface area (Å²) in [5.74, 6) is 1.47. The highest BCUT2D eigenvalue weighted by molar-refractivity contribution is 5.35. The van der Waals surface area contributed by atoms with Crippen LogP contribution in [0.25, 0.3) is 0 Å². The Hall–Kier alpha value is -0.500. The van der Waals surface area contributed by atoms with E-state index in [9.17, 15) is 5.11 Å². The van der Waals surface area contributed by atoms with Crippen molar-refractivity contribution in [2.24, 2.45) is 23.2 Å². The lowest BCUT2D eigenvalue weighted by Gasteiger charge is -2.64. The number of hydrogen-bond acceptors (Lipinski definition) is 6. The molecule has 2 saturated carbocycles. The van der Waals surface area contributed by atoms with Gasteiger partial charge in [0.05, 0.1) is 30.0 Å². The first-order chi connectivity index (χ1) is 15.2. The van der Waals surface area contributed by atoms with Gasteiger partial charge in [-0.1, -0.05) is 26.3 Å². The van der Waals surface area contributed by atoms with Gasteiger partial charge in [0.15, 0.2) is 6.29 Å². The molecule has 3 heterocycles. The van der Waals surface area contributed by atoms with Gasteiger partial charge < -0.3 is 24.6 Å². The van der Waals surface area contributed by atoms with Crippen LogP contribution >= 0.6 is 0 Å². The predicted octanol–water partition coefficient (Wildman–Crippen LogP) is 2.70. The molecule has 6 nitrogen and oxygen atoms in total. The molecular weight excluding hydrogens is 404 g/mol. The van der Waals surface area contributed by atoms with Crippen molar-refractivity contribution in [2.45, 2.75) is 95.5 Å². The zero-order valence-electron chi connectivity index (χ0n) is 20.5. The number of allylic oxidation sites excluding steroid dienone is 1. The van der Waals surface area contributed by atoms with Gasteiger partial charge in [0.1, 0.15) is 6.10 Å². The van der Waals surface area contributed by atoms with Crippen LogP contribution in [-0.4, -0.2) is 79.0 Å². The van der Waals surface area contributed by atoms with E-state index in [4.69, 9.17) is 14.2 Å². The fourth-order valence-corrected chi connectivity index (χ4v) is 8.44. The molecule has 6 heteroatoms. The quantitative estimate of drug-likeness (QED) is 0.650. The van der Waals surface area contributed by atoms with Gasteiger partial charge in [-0.05, 0) is 69.4 Å². The molecule has 0 radical (unpaired) electrons. The van der Waals surface area contributed by atoms with E-state index in [1.165, 1.54) is 11.1 Å². The number of rotatable bonds is 3. The van der Waals surface area contributed by atoms with Crippen LogP contribution in [0.4, 0.5) is 0 Å². The molecule has 2 N–H and O–H groups in total. The van der Waals surface area contributed by atoms with Crippen molar-refractivity contribution >= 4 is 0 Å². The number of ether oxygens (including phenoxy) is 3. The Labute approximate surface area is 193 Å². The molecule has 180 valence electrons. The molecule has 5 fully saturated rings. The summed E-state index contributed by atoms with van der Waals surface area (Å²) in [6.45, 7) is 12.9. The third kappa shape index (κ3) is 2.86. The van der Waals surface area contributed by atoms with Crippen LogP contribution in [-0.2, 0) is 14.2 Å². The van der Waals surface area contributed by atoms with Crippen LogP contribution in [0.1, 0.15) is 59.8 Å². The minimum absolute atomic E-state index is 0.0542. The molecule has 2 unspecified atom stereocenters. The van der Waals surface area contributed by atoms with Crippen molar-refractivity contribution < 1.29 is 19.3 Å². The first-order valence-electron chi connectivity index (χ1n) is 12.9. The molecule has 32 heavy (non-hydrogen) atoms. The number of aliphatic hydroxyl groups is 1. The normalized spacial score (nSPS) is 50.4. The van der Waals surface area contributed by atoms with Gasteiger partial charge in [0.25, 0.3) is 0 Å². The van der Waals surface area contributed by atoms with E-state index in [-0.39, 0.29) is 35.6 Å². The third-order valence-electron chi connectivity index (χ3n) is 10.4. The second-order valence-electron chi connectivity index (χ2n) is 12.4. The predicted molar refractivity (Wildman–Crippen MR) is 122 cm³/mol. The molecule has 8 atom stereocenters. The van der Waals surface area contributed by atoms with E-state index in [0.29, 0.717) is 11.8 Å². The van der Waals surface area contributed by atoms with E-state index in [2.05, 4.69) is 45.0 Å². The number of fused-ring (bicyclic) bond motifs is 8. The lowest BCUT2D eigenvalue weighted by Crippen LogP contribution is -2.75. The van der Waals surface area contributed by atoms with Gasteiger partial charge in [-0.2, -0.15) is 0 Å². The standard InChI is InChI=1S/C26H42N2O4/c1-15-11-28(12-15)13-20-31-22-17-6-7-19-26(27-5,14-30-19)18(17)10-25(29)9-8-16(2)21(23(22)32-20)24(25,3)4/h15,17-20,22-23,27,29H,6-14H2,1-5H3/t17?,18?,19-,20+,22+,23-,25-,26-/m1/s1. The summed E-state index contributed by atoms with van der Waals surface area (Å²) in [6, 6.07) is 0. The van der Waals surface area contributed by atoms with Gasteiger partial charge >= 0.3 is 0 Å². The first-order valence-corrected chi connectivity index (χ1v) is 12.9. The number of hydrogen-bond donors (Lipinski definition) is 2. The van der Waals surface area contributed by atoms with Gasteiger partial charge in [0.2, 0.25) is 0 Å². The minimum atomic E-state index is -0.731. The second-order valence-corrected chi connectivity index (χ2v) is 12.4. The van der Waals surface area contributed by atoms with Crippen molar-refractivity contribution in [1.29, 1.82) is 0 Å². The molecule has 2 bridgehead atoms. The summed E-state index contributed by atoms with van der Waals surface area (Å²) in [5, 5.41) is 15.9. The summed E-state index contributed by atoms with van der Waals surface area (Å²) in [7, 11) is 2.08. The topological polar surface area (TPSA) is 63.2 Å². The van der Waals surface area contributed by atoms with Crippen molar-refractivity contribution in [3.8, 4) is 0 Å². The lowest BCUT2D eigenvalue weighted by atomic mass is 9.50. The zero-order valence-corrected chi connectivity index (χ0v) is 20.5. The largest absolute Gasteiger partial charge is 0.389 e. The Bertz CT molecular complexity index is 804. The van der Waals surface area contributed by atoms with Crippen LogP contribution in [0, 0.1) is 23.2 Å². The van der Waals surface area contributed by atoms with Crippen molar-refractivity contribution in [2.75, 3.05) is 33.3 Å². The van der Waals surface area contributed by atoms with Crippen LogP contribution in [0.3, 0.4) is 0 Å². The van der Waals surface area contributed by atoms with Crippen molar-refractivity contribution in [1.82, 2.24) is 10.2 Å². The van der Waals surface area contributed by atoms with E-state index in [1.54, 1.807) is 0 Å². The van der Waals surface area contributed by atoms with E-state index in [1.807, 2.05) is 0 Å². The monoisotopic (exact) mass is 446 g/mol. The Morgan fingerprint density at radius 2 is 1.97 bits per heavy atom. The minimum Gasteiger partial charge on any atom is -0.389 e. The summed E-state index contributed by atoms with van der Waals surface area (Å²) in [4.78, 5) is 2.46. The number of likely N-dealkylation sites (N-methyl/N-ethyl adjacent to an activating group) is 1. The smallest absolute Gasteiger partial charge is 0.171 e. The molecule has 0 amide bonds. The summed E-state index contributed by atoms with van der Waals surface area (Å²) >= 11 is 0. The zero-order chi connectivity index (χ0) is 22.5. The first kappa shape index (κ1) is 22.0. The molecule has 6 aliphatic rings. The molecule has 6 rings (SSSR count). The van der Waals surface area contributed by atoms with Gasteiger partial charge in [-0.25, -0.2) is 0 Å². The summed E-state index contributed by atoms with van der Waals surface area (Å²) in [5.41, 5.74) is 1.60. The van der Waals surface area contributed by atoms with Crippen molar-refractivity contribution in [3.63, 3.8) is 0 Å². The molecule has 3 saturated heterocycles. The number of nitrogens with zero attached hydrogens (tertiary/aromatic N) is 1. The maximum atomic E-state index is 12.2. The molecule has 0 aromatic rings. The molecule has 3 aliphatic heterocycles. The highest BCUT2D eigenvalue weighted by Gasteiger charge is 2.66. The number of likely N-dealkylation sites (tertiary alicyclic amines) is 1. The van der Waals surface area contributed by atoms with Crippen LogP contribution in [0.5, 0.6) is 0 Å². The molecule has 0 aromatic heterocycles. The fourth-order valence-electron chi connectivity index (χ4n) is 8.44. The van der Waals surface area contributed by atoms with E-state index in [0.717, 1.165) is 64.3 Å². The number of nitrogens with one attached hydrogen (secondary N) is 1. The fraction of sp³-hybridized carbons (Fsp3) is 0.923. The van der Waals surface area contributed by atoms with Crippen LogP contribution in [0.2, 0.25) is 0 Å². The highest BCUT2D eigenvalue weighted by Crippen LogP contribution is 2.61. The highest BCUT2D eigenvalue weighted by atomic mass is 16.7.